The zero-order valence-electron chi connectivity index (χ0n) is 12.9. The number of fused-ring (bicyclic) bond motifs is 5. The first kappa shape index (κ1) is 13.5. The van der Waals surface area contributed by atoms with Crippen LogP contribution in [0.25, 0.3) is 22.2 Å². The molecule has 4 rings (SSSR count). The fraction of sp³-hybridized carbons (Fsp3) is 0.263. The van der Waals surface area contributed by atoms with Gasteiger partial charge in [-0.05, 0) is 49.8 Å². The van der Waals surface area contributed by atoms with Gasteiger partial charge in [-0.15, -0.1) is 0 Å². The fourth-order valence-corrected chi connectivity index (χ4v) is 3.52. The van der Waals surface area contributed by atoms with Gasteiger partial charge in [0, 0.05) is 29.6 Å². The molecule has 1 aromatic heterocycles. The third kappa shape index (κ3) is 1.97. The van der Waals surface area contributed by atoms with E-state index in [1.165, 1.54) is 22.4 Å². The highest BCUT2D eigenvalue weighted by molar-refractivity contribution is 5.94. The maximum absolute atomic E-state index is 13.8. The van der Waals surface area contributed by atoms with Gasteiger partial charge < -0.3 is 9.47 Å². The van der Waals surface area contributed by atoms with E-state index in [-0.39, 0.29) is 5.82 Å². The molecule has 0 bridgehead atoms. The Balaban J connectivity index is 1.97. The molecule has 3 heteroatoms. The summed E-state index contributed by atoms with van der Waals surface area (Å²) in [6.07, 6.45) is 0.934. The Hall–Kier alpha value is -2.13. The van der Waals surface area contributed by atoms with Crippen molar-refractivity contribution in [2.45, 2.75) is 13.0 Å². The third-order valence-electron chi connectivity index (χ3n) is 4.54. The van der Waals surface area contributed by atoms with E-state index in [9.17, 15) is 4.39 Å². The van der Waals surface area contributed by atoms with Crippen molar-refractivity contribution in [1.82, 2.24) is 9.47 Å². The first-order valence-electron chi connectivity index (χ1n) is 7.69. The molecule has 22 heavy (non-hydrogen) atoms. The predicted molar refractivity (Wildman–Crippen MR) is 88.7 cm³/mol. The van der Waals surface area contributed by atoms with E-state index in [4.69, 9.17) is 0 Å². The number of halogens is 1. The molecule has 2 nitrogen and oxygen atoms in total. The lowest BCUT2D eigenvalue weighted by molar-refractivity contribution is 0.414. The molecule has 3 aromatic rings. The first-order chi connectivity index (χ1) is 10.6. The van der Waals surface area contributed by atoms with Crippen LogP contribution in [-0.4, -0.2) is 30.1 Å². The summed E-state index contributed by atoms with van der Waals surface area (Å²) in [5.41, 5.74) is 6.34. The molecule has 0 radical (unpaired) electrons. The van der Waals surface area contributed by atoms with Crippen molar-refractivity contribution in [3.05, 3.63) is 59.4 Å². The highest BCUT2D eigenvalue weighted by atomic mass is 19.1. The smallest absolute Gasteiger partial charge is 0.123 e. The summed E-state index contributed by atoms with van der Waals surface area (Å²) in [4.78, 5) is 2.18. The van der Waals surface area contributed by atoms with Crippen LogP contribution in [0.1, 0.15) is 11.1 Å². The van der Waals surface area contributed by atoms with Crippen LogP contribution >= 0.6 is 0 Å². The number of rotatable bonds is 3. The van der Waals surface area contributed by atoms with Gasteiger partial charge in [-0.3, -0.25) is 0 Å². The summed E-state index contributed by atoms with van der Waals surface area (Å²) in [6.45, 7) is 1.85. The van der Waals surface area contributed by atoms with Crippen LogP contribution in [0.2, 0.25) is 0 Å². The summed E-state index contributed by atoms with van der Waals surface area (Å²) in [5.74, 6) is -0.156. The van der Waals surface area contributed by atoms with Gasteiger partial charge in [-0.1, -0.05) is 24.3 Å². The highest BCUT2D eigenvalue weighted by Crippen LogP contribution is 2.41. The van der Waals surface area contributed by atoms with Crippen molar-refractivity contribution in [2.75, 3.05) is 20.6 Å². The van der Waals surface area contributed by atoms with Crippen molar-refractivity contribution >= 4 is 10.9 Å². The standard InChI is InChI=1S/C19H19FN2/c1-21(2)10-9-16-17-11-14(20)7-8-18(17)22-12-13-5-3-4-6-15(13)19(16)22/h3-8,11H,9-10,12H2,1-2H3. The monoisotopic (exact) mass is 294 g/mol. The molecular formula is C19H19FN2. The summed E-state index contributed by atoms with van der Waals surface area (Å²) in [7, 11) is 4.15. The summed E-state index contributed by atoms with van der Waals surface area (Å²) in [5, 5.41) is 1.06. The van der Waals surface area contributed by atoms with Gasteiger partial charge in [0.1, 0.15) is 5.82 Å². The second-order valence-electron chi connectivity index (χ2n) is 6.29. The van der Waals surface area contributed by atoms with Gasteiger partial charge in [0.15, 0.2) is 0 Å². The fourth-order valence-electron chi connectivity index (χ4n) is 3.52. The molecule has 2 heterocycles. The van der Waals surface area contributed by atoms with Crippen LogP contribution in [0.4, 0.5) is 4.39 Å². The Morgan fingerprint density at radius 2 is 1.95 bits per heavy atom. The number of likely N-dealkylation sites (N-methyl/N-ethyl adjacent to an activating group) is 1. The van der Waals surface area contributed by atoms with Crippen LogP contribution in [0.15, 0.2) is 42.5 Å². The number of hydrogen-bond acceptors (Lipinski definition) is 1. The van der Waals surface area contributed by atoms with Gasteiger partial charge >= 0.3 is 0 Å². The number of aromatic nitrogens is 1. The molecule has 2 aromatic carbocycles. The second-order valence-corrected chi connectivity index (χ2v) is 6.29. The maximum Gasteiger partial charge on any atom is 0.123 e. The molecule has 0 unspecified atom stereocenters. The molecular weight excluding hydrogens is 275 g/mol. The van der Waals surface area contributed by atoms with Gasteiger partial charge in [0.25, 0.3) is 0 Å². The molecule has 0 saturated carbocycles. The minimum atomic E-state index is -0.156. The molecule has 0 fully saturated rings. The lowest BCUT2D eigenvalue weighted by Crippen LogP contribution is -2.15. The van der Waals surface area contributed by atoms with E-state index in [2.05, 4.69) is 47.8 Å². The van der Waals surface area contributed by atoms with E-state index >= 15 is 0 Å². The van der Waals surface area contributed by atoms with E-state index in [0.29, 0.717) is 0 Å². The lowest BCUT2D eigenvalue weighted by Gasteiger charge is -2.10. The molecule has 0 amide bonds. The van der Waals surface area contributed by atoms with Crippen molar-refractivity contribution in [3.63, 3.8) is 0 Å². The molecule has 1 aliphatic heterocycles. The number of hydrogen-bond donors (Lipinski definition) is 0. The Kier molecular flexibility index (Phi) is 3.05. The van der Waals surface area contributed by atoms with Crippen molar-refractivity contribution in [2.24, 2.45) is 0 Å². The van der Waals surface area contributed by atoms with E-state index in [1.54, 1.807) is 12.1 Å². The van der Waals surface area contributed by atoms with E-state index < -0.39 is 0 Å². The Bertz CT molecular complexity index is 861. The molecule has 1 aliphatic rings. The zero-order valence-corrected chi connectivity index (χ0v) is 12.9. The van der Waals surface area contributed by atoms with Crippen LogP contribution in [0.3, 0.4) is 0 Å². The second kappa shape index (κ2) is 4.96. The summed E-state index contributed by atoms with van der Waals surface area (Å²) >= 11 is 0. The molecule has 0 N–H and O–H groups in total. The average molecular weight is 294 g/mol. The molecule has 112 valence electrons. The lowest BCUT2D eigenvalue weighted by atomic mass is 10.00. The van der Waals surface area contributed by atoms with E-state index in [0.717, 1.165) is 30.4 Å². The topological polar surface area (TPSA) is 8.17 Å². The predicted octanol–water partition coefficient (Wildman–Crippen LogP) is 3.91. The Morgan fingerprint density at radius 1 is 1.14 bits per heavy atom. The molecule has 0 spiro atoms. The SMILES string of the molecule is CN(C)CCc1c2n(c3ccc(F)cc13)Cc1ccccc1-2. The quantitative estimate of drug-likeness (QED) is 0.556. The normalized spacial score (nSPS) is 12.9. The Morgan fingerprint density at radius 3 is 2.77 bits per heavy atom. The molecule has 0 atom stereocenters. The van der Waals surface area contributed by atoms with Gasteiger partial charge in [0.2, 0.25) is 0 Å². The average Bonchev–Trinajstić information content (AvgIpc) is 2.99. The zero-order chi connectivity index (χ0) is 15.3. The van der Waals surface area contributed by atoms with Crippen molar-refractivity contribution in [1.29, 1.82) is 0 Å². The van der Waals surface area contributed by atoms with Gasteiger partial charge in [-0.2, -0.15) is 0 Å². The first-order valence-corrected chi connectivity index (χ1v) is 7.69. The van der Waals surface area contributed by atoms with Gasteiger partial charge in [0.05, 0.1) is 5.69 Å². The van der Waals surface area contributed by atoms with Crippen molar-refractivity contribution in [3.8, 4) is 11.3 Å². The Labute approximate surface area is 129 Å². The van der Waals surface area contributed by atoms with Crippen LogP contribution < -0.4 is 0 Å². The van der Waals surface area contributed by atoms with E-state index in [1.807, 2.05) is 6.07 Å². The summed E-state index contributed by atoms with van der Waals surface area (Å²) < 4.78 is 16.1. The minimum absolute atomic E-state index is 0.156. The number of nitrogens with zero attached hydrogens (tertiary/aromatic N) is 2. The van der Waals surface area contributed by atoms with Crippen molar-refractivity contribution < 1.29 is 4.39 Å². The summed E-state index contributed by atoms with van der Waals surface area (Å²) in [6, 6.07) is 13.7. The van der Waals surface area contributed by atoms with Crippen LogP contribution in [-0.2, 0) is 13.0 Å². The van der Waals surface area contributed by atoms with Crippen LogP contribution in [0.5, 0.6) is 0 Å². The van der Waals surface area contributed by atoms with Crippen LogP contribution in [0, 0.1) is 5.82 Å². The maximum atomic E-state index is 13.8. The molecule has 0 aliphatic carbocycles. The molecule has 0 saturated heterocycles. The largest absolute Gasteiger partial charge is 0.336 e. The van der Waals surface area contributed by atoms with Gasteiger partial charge in [-0.25, -0.2) is 4.39 Å². The highest BCUT2D eigenvalue weighted by Gasteiger charge is 2.25. The minimum Gasteiger partial charge on any atom is -0.336 e. The third-order valence-corrected chi connectivity index (χ3v) is 4.54. The number of benzene rings is 2.